The maximum Gasteiger partial charge on any atom is 0.175 e. The molecule has 0 spiro atoms. The van der Waals surface area contributed by atoms with Gasteiger partial charge in [-0.25, -0.2) is 0 Å². The Morgan fingerprint density at radius 1 is 1.07 bits per heavy atom. The second-order valence-electron chi connectivity index (χ2n) is 3.06. The minimum absolute atomic E-state index is 0.0173. The van der Waals surface area contributed by atoms with E-state index in [9.17, 15) is 0 Å². The molecule has 7 heteroatoms. The van der Waals surface area contributed by atoms with Gasteiger partial charge in [0.1, 0.15) is 0 Å². The molecule has 15 heavy (non-hydrogen) atoms. The fourth-order valence-electron chi connectivity index (χ4n) is 0.839. The lowest BCUT2D eigenvalue weighted by Gasteiger charge is -2.25. The van der Waals surface area contributed by atoms with Crippen molar-refractivity contribution in [2.24, 2.45) is 0 Å². The van der Waals surface area contributed by atoms with Crippen molar-refractivity contribution in [2.75, 3.05) is 40.4 Å². The Balaban J connectivity index is 4.18. The van der Waals surface area contributed by atoms with E-state index in [1.54, 1.807) is 23.9 Å². The standard InChI is InChI=1S/C8H17N3O2S2/c1-10(2)7(14)9-8(15)11(3-5-12)4-6-13/h12-13H,3-6H2,1-2H3,(H,9,14,15). The molecule has 5 nitrogen and oxygen atoms in total. The van der Waals surface area contributed by atoms with Crippen molar-refractivity contribution in [1.29, 1.82) is 0 Å². The third kappa shape index (κ3) is 5.83. The van der Waals surface area contributed by atoms with Crippen LogP contribution in [0.4, 0.5) is 0 Å². The van der Waals surface area contributed by atoms with Gasteiger partial charge in [0.2, 0.25) is 0 Å². The highest BCUT2D eigenvalue weighted by Gasteiger charge is 2.10. The number of rotatable bonds is 4. The first-order valence-electron chi connectivity index (χ1n) is 4.51. The van der Waals surface area contributed by atoms with Crippen molar-refractivity contribution >= 4 is 34.7 Å². The van der Waals surface area contributed by atoms with Crippen molar-refractivity contribution in [3.8, 4) is 0 Å². The maximum absolute atomic E-state index is 8.80. The van der Waals surface area contributed by atoms with Crippen LogP contribution in [0.1, 0.15) is 0 Å². The molecule has 0 fully saturated rings. The van der Waals surface area contributed by atoms with Gasteiger partial charge in [0.05, 0.1) is 13.2 Å². The fourth-order valence-corrected chi connectivity index (χ4v) is 1.28. The Kier molecular flexibility index (Phi) is 7.49. The molecule has 0 unspecified atom stereocenters. The van der Waals surface area contributed by atoms with E-state index in [4.69, 9.17) is 34.6 Å². The van der Waals surface area contributed by atoms with E-state index >= 15 is 0 Å². The van der Waals surface area contributed by atoms with Crippen LogP contribution in [0.15, 0.2) is 0 Å². The van der Waals surface area contributed by atoms with Gasteiger partial charge in [-0.3, -0.25) is 0 Å². The van der Waals surface area contributed by atoms with Gasteiger partial charge in [-0.05, 0) is 24.4 Å². The Morgan fingerprint density at radius 3 is 1.87 bits per heavy atom. The molecule has 0 rings (SSSR count). The molecule has 0 heterocycles. The van der Waals surface area contributed by atoms with Crippen molar-refractivity contribution in [1.82, 2.24) is 15.1 Å². The zero-order valence-electron chi connectivity index (χ0n) is 8.93. The highest BCUT2D eigenvalue weighted by molar-refractivity contribution is 7.81. The van der Waals surface area contributed by atoms with Crippen LogP contribution in [0.3, 0.4) is 0 Å². The van der Waals surface area contributed by atoms with E-state index in [0.29, 0.717) is 23.3 Å². The zero-order valence-corrected chi connectivity index (χ0v) is 10.6. The first-order chi connectivity index (χ1) is 7.02. The number of nitrogens with one attached hydrogen (secondary N) is 1. The summed E-state index contributed by atoms with van der Waals surface area (Å²) < 4.78 is 0. The van der Waals surface area contributed by atoms with E-state index < -0.39 is 0 Å². The van der Waals surface area contributed by atoms with Crippen molar-refractivity contribution < 1.29 is 10.2 Å². The van der Waals surface area contributed by atoms with E-state index in [-0.39, 0.29) is 13.2 Å². The third-order valence-corrected chi connectivity index (χ3v) is 2.47. The van der Waals surface area contributed by atoms with Gasteiger partial charge in [0.15, 0.2) is 10.2 Å². The van der Waals surface area contributed by atoms with Crippen LogP contribution in [0.25, 0.3) is 0 Å². The fraction of sp³-hybridized carbons (Fsp3) is 0.750. The van der Waals surface area contributed by atoms with E-state index in [0.717, 1.165) is 0 Å². The smallest absolute Gasteiger partial charge is 0.175 e. The lowest BCUT2D eigenvalue weighted by molar-refractivity contribution is 0.212. The second kappa shape index (κ2) is 7.75. The van der Waals surface area contributed by atoms with E-state index in [1.807, 2.05) is 0 Å². The van der Waals surface area contributed by atoms with Gasteiger partial charge >= 0.3 is 0 Å². The molecule has 0 radical (unpaired) electrons. The monoisotopic (exact) mass is 251 g/mol. The predicted octanol–water partition coefficient (Wildman–Crippen LogP) is -1.01. The summed E-state index contributed by atoms with van der Waals surface area (Å²) in [5.41, 5.74) is 0. The second-order valence-corrected chi connectivity index (χ2v) is 3.84. The average Bonchev–Trinajstić information content (AvgIpc) is 2.17. The van der Waals surface area contributed by atoms with Crippen molar-refractivity contribution in [3.63, 3.8) is 0 Å². The summed E-state index contributed by atoms with van der Waals surface area (Å²) in [6.07, 6.45) is 0. The SMILES string of the molecule is CN(C)C(=S)NC(=S)N(CCO)CCO. The van der Waals surface area contributed by atoms with Gasteiger partial charge in [-0.1, -0.05) is 0 Å². The summed E-state index contributed by atoms with van der Waals surface area (Å²) in [6, 6.07) is 0. The van der Waals surface area contributed by atoms with Crippen LogP contribution in [0.2, 0.25) is 0 Å². The first-order valence-corrected chi connectivity index (χ1v) is 5.33. The number of aliphatic hydroxyl groups excluding tert-OH is 2. The predicted molar refractivity (Wildman–Crippen MR) is 67.8 cm³/mol. The zero-order chi connectivity index (χ0) is 11.8. The highest BCUT2D eigenvalue weighted by atomic mass is 32.1. The van der Waals surface area contributed by atoms with Gasteiger partial charge in [0.25, 0.3) is 0 Å². The van der Waals surface area contributed by atoms with Crippen LogP contribution >= 0.6 is 24.4 Å². The molecule has 0 aromatic rings. The number of aliphatic hydroxyl groups is 2. The van der Waals surface area contributed by atoms with Crippen LogP contribution < -0.4 is 5.32 Å². The highest BCUT2D eigenvalue weighted by Crippen LogP contribution is 1.91. The molecule has 0 saturated carbocycles. The molecule has 0 bridgehead atoms. The van der Waals surface area contributed by atoms with Gasteiger partial charge in [-0.15, -0.1) is 0 Å². The molecular weight excluding hydrogens is 234 g/mol. The molecule has 3 N–H and O–H groups in total. The molecule has 0 aliphatic rings. The molecule has 0 atom stereocenters. The van der Waals surface area contributed by atoms with Crippen LogP contribution in [-0.4, -0.2) is 70.6 Å². The normalized spacial score (nSPS) is 9.60. The topological polar surface area (TPSA) is 59.0 Å². The molecule has 0 amide bonds. The molecule has 0 aliphatic carbocycles. The van der Waals surface area contributed by atoms with E-state index in [1.165, 1.54) is 0 Å². The summed E-state index contributed by atoms with van der Waals surface area (Å²) in [5.74, 6) is 0. The van der Waals surface area contributed by atoms with Crippen LogP contribution in [-0.2, 0) is 0 Å². The number of hydrogen-bond acceptors (Lipinski definition) is 4. The molecule has 0 aromatic carbocycles. The summed E-state index contributed by atoms with van der Waals surface area (Å²) in [7, 11) is 3.61. The number of thiocarbonyl (C=S) groups is 2. The lowest BCUT2D eigenvalue weighted by atomic mass is 10.5. The number of hydrogen-bond donors (Lipinski definition) is 3. The third-order valence-electron chi connectivity index (χ3n) is 1.65. The average molecular weight is 251 g/mol. The quantitative estimate of drug-likeness (QED) is 0.554. The minimum atomic E-state index is -0.0173. The molecular formula is C8H17N3O2S2. The van der Waals surface area contributed by atoms with Crippen molar-refractivity contribution in [2.45, 2.75) is 0 Å². The Labute approximate surface area is 101 Å². The molecule has 0 aromatic heterocycles. The minimum Gasteiger partial charge on any atom is -0.395 e. The van der Waals surface area contributed by atoms with Gasteiger partial charge in [-0.2, -0.15) is 0 Å². The van der Waals surface area contributed by atoms with Gasteiger partial charge < -0.3 is 25.3 Å². The Bertz CT molecular complexity index is 218. The number of nitrogens with zero attached hydrogens (tertiary/aromatic N) is 2. The lowest BCUT2D eigenvalue weighted by Crippen LogP contribution is -2.47. The maximum atomic E-state index is 8.80. The Hall–Kier alpha value is -0.500. The largest absolute Gasteiger partial charge is 0.395 e. The summed E-state index contributed by atoms with van der Waals surface area (Å²) in [5, 5.41) is 21.4. The van der Waals surface area contributed by atoms with Crippen LogP contribution in [0.5, 0.6) is 0 Å². The first kappa shape index (κ1) is 14.5. The molecule has 0 aliphatic heterocycles. The molecule has 88 valence electrons. The van der Waals surface area contributed by atoms with Gasteiger partial charge in [0, 0.05) is 27.2 Å². The van der Waals surface area contributed by atoms with E-state index in [2.05, 4.69) is 5.32 Å². The van der Waals surface area contributed by atoms with Crippen LogP contribution in [0, 0.1) is 0 Å². The Morgan fingerprint density at radius 2 is 1.53 bits per heavy atom. The summed E-state index contributed by atoms with van der Waals surface area (Å²) in [4.78, 5) is 3.38. The summed E-state index contributed by atoms with van der Waals surface area (Å²) >= 11 is 10.1. The molecule has 0 saturated heterocycles. The van der Waals surface area contributed by atoms with Crippen molar-refractivity contribution in [3.05, 3.63) is 0 Å². The summed E-state index contributed by atoms with van der Waals surface area (Å²) in [6.45, 7) is 0.720.